The van der Waals surface area contributed by atoms with E-state index in [1.54, 1.807) is 0 Å². The Hall–Kier alpha value is -2.05. The molecule has 0 heterocycles. The number of carboxylic acids is 1. The highest BCUT2D eigenvalue weighted by atomic mass is 19.4. The van der Waals surface area contributed by atoms with Crippen LogP contribution in [0.15, 0.2) is 30.4 Å². The fraction of sp³-hybridized carbons (Fsp3) is 0.182. The third-order valence-corrected chi connectivity index (χ3v) is 1.96. The van der Waals surface area contributed by atoms with Crippen LogP contribution >= 0.6 is 0 Å². The fourth-order valence-corrected chi connectivity index (χ4v) is 1.04. The van der Waals surface area contributed by atoms with E-state index in [1.165, 1.54) is 0 Å². The van der Waals surface area contributed by atoms with Crippen molar-refractivity contribution in [1.82, 2.24) is 0 Å². The summed E-state index contributed by atoms with van der Waals surface area (Å²) in [6, 6.07) is 2.03. The second kappa shape index (κ2) is 5.07. The summed E-state index contributed by atoms with van der Waals surface area (Å²) in [5.74, 6) is -3.04. The molecule has 0 aliphatic rings. The smallest absolute Gasteiger partial charge is 0.419 e. The van der Waals surface area contributed by atoms with Crippen molar-refractivity contribution in [1.29, 1.82) is 0 Å². The molecule has 0 fully saturated rings. The molecule has 0 unspecified atom stereocenters. The van der Waals surface area contributed by atoms with Gasteiger partial charge in [0.25, 0.3) is 0 Å². The Morgan fingerprint density at radius 2 is 2.00 bits per heavy atom. The van der Waals surface area contributed by atoms with Crippen molar-refractivity contribution in [2.24, 2.45) is 0 Å². The maximum Gasteiger partial charge on any atom is 0.419 e. The normalized spacial score (nSPS) is 11.1. The first-order valence-corrected chi connectivity index (χ1v) is 4.62. The maximum absolute atomic E-state index is 12.9. The highest BCUT2D eigenvalue weighted by molar-refractivity contribution is 5.86. The summed E-state index contributed by atoms with van der Waals surface area (Å²) in [6.07, 6.45) is -4.84. The molecule has 1 N–H and O–H groups in total. The lowest BCUT2D eigenvalue weighted by atomic mass is 10.2. The minimum absolute atomic E-state index is 0.286. The van der Waals surface area contributed by atoms with Crippen LogP contribution in [-0.4, -0.2) is 17.7 Å². The first-order chi connectivity index (χ1) is 8.21. The molecule has 0 saturated carbocycles. The molecule has 98 valence electrons. The number of halogens is 4. The summed E-state index contributed by atoms with van der Waals surface area (Å²) in [6.45, 7) is 2.65. The van der Waals surface area contributed by atoms with E-state index in [0.717, 1.165) is 6.07 Å². The molecule has 18 heavy (non-hydrogen) atoms. The van der Waals surface area contributed by atoms with Gasteiger partial charge in [0.15, 0.2) is 0 Å². The highest BCUT2D eigenvalue weighted by Gasteiger charge is 2.34. The van der Waals surface area contributed by atoms with Gasteiger partial charge in [-0.1, -0.05) is 6.58 Å². The zero-order valence-electron chi connectivity index (χ0n) is 8.92. The molecule has 0 aromatic heterocycles. The quantitative estimate of drug-likeness (QED) is 0.672. The van der Waals surface area contributed by atoms with E-state index in [4.69, 9.17) is 9.84 Å². The lowest BCUT2D eigenvalue weighted by Crippen LogP contribution is -2.11. The Balaban J connectivity index is 2.86. The molecular weight excluding hydrogens is 256 g/mol. The number of aliphatic carboxylic acids is 1. The van der Waals surface area contributed by atoms with Crippen LogP contribution < -0.4 is 4.74 Å². The molecule has 0 atom stereocenters. The summed E-state index contributed by atoms with van der Waals surface area (Å²) in [5, 5.41) is 8.47. The van der Waals surface area contributed by atoms with E-state index < -0.39 is 30.1 Å². The number of carbonyl (C=O) groups is 1. The van der Waals surface area contributed by atoms with Gasteiger partial charge in [0.2, 0.25) is 0 Å². The van der Waals surface area contributed by atoms with E-state index in [1.807, 2.05) is 0 Å². The summed E-state index contributed by atoms with van der Waals surface area (Å²) in [5.41, 5.74) is -1.80. The van der Waals surface area contributed by atoms with Crippen LogP contribution in [0.25, 0.3) is 0 Å². The Labute approximate surface area is 99.3 Å². The van der Waals surface area contributed by atoms with E-state index in [9.17, 15) is 22.4 Å². The average molecular weight is 264 g/mol. The number of benzene rings is 1. The van der Waals surface area contributed by atoms with E-state index >= 15 is 0 Å². The second-order valence-electron chi connectivity index (χ2n) is 3.34. The van der Waals surface area contributed by atoms with Crippen LogP contribution in [0, 0.1) is 5.82 Å². The van der Waals surface area contributed by atoms with Gasteiger partial charge < -0.3 is 9.84 Å². The van der Waals surface area contributed by atoms with Crippen LogP contribution in [0.3, 0.4) is 0 Å². The average Bonchev–Trinajstić information content (AvgIpc) is 2.25. The van der Waals surface area contributed by atoms with Gasteiger partial charge in [0, 0.05) is 0 Å². The van der Waals surface area contributed by atoms with Crippen molar-refractivity contribution in [3.05, 3.63) is 41.7 Å². The predicted molar refractivity (Wildman–Crippen MR) is 53.7 cm³/mol. The molecule has 1 aromatic carbocycles. The third-order valence-electron chi connectivity index (χ3n) is 1.96. The first-order valence-electron chi connectivity index (χ1n) is 4.62. The van der Waals surface area contributed by atoms with Gasteiger partial charge in [0.05, 0.1) is 11.1 Å². The SMILES string of the molecule is C=C(COc1ccc(F)c(C(F)(F)F)c1)C(=O)O. The highest BCUT2D eigenvalue weighted by Crippen LogP contribution is 2.33. The number of ether oxygens (including phenoxy) is 1. The third kappa shape index (κ3) is 3.47. The van der Waals surface area contributed by atoms with Crippen LogP contribution in [0.1, 0.15) is 5.56 Å². The zero-order chi connectivity index (χ0) is 13.9. The van der Waals surface area contributed by atoms with Crippen LogP contribution in [0.4, 0.5) is 17.6 Å². The monoisotopic (exact) mass is 264 g/mol. The number of rotatable bonds is 4. The molecule has 0 aliphatic carbocycles. The van der Waals surface area contributed by atoms with Crippen molar-refractivity contribution in [2.75, 3.05) is 6.61 Å². The maximum atomic E-state index is 12.9. The lowest BCUT2D eigenvalue weighted by Gasteiger charge is -2.11. The van der Waals surface area contributed by atoms with E-state index in [2.05, 4.69) is 6.58 Å². The molecule has 1 aromatic rings. The van der Waals surface area contributed by atoms with Gasteiger partial charge in [-0.05, 0) is 18.2 Å². The molecule has 0 spiro atoms. The number of carboxylic acid groups (broad SMARTS) is 1. The molecule has 0 saturated heterocycles. The summed E-state index contributed by atoms with van der Waals surface area (Å²) >= 11 is 0. The Kier molecular flexibility index (Phi) is 3.95. The standard InChI is InChI=1S/C11H8F4O3/c1-6(10(16)17)5-18-7-2-3-9(12)8(4-7)11(13,14)15/h2-4H,1,5H2,(H,16,17). The second-order valence-corrected chi connectivity index (χ2v) is 3.34. The van der Waals surface area contributed by atoms with Gasteiger partial charge in [-0.3, -0.25) is 0 Å². The summed E-state index contributed by atoms with van der Waals surface area (Å²) in [4.78, 5) is 10.4. The predicted octanol–water partition coefficient (Wildman–Crippen LogP) is 2.86. The topological polar surface area (TPSA) is 46.5 Å². The largest absolute Gasteiger partial charge is 0.489 e. The van der Waals surface area contributed by atoms with Gasteiger partial charge >= 0.3 is 12.1 Å². The lowest BCUT2D eigenvalue weighted by molar-refractivity contribution is -0.140. The Morgan fingerprint density at radius 3 is 2.50 bits per heavy atom. The zero-order valence-corrected chi connectivity index (χ0v) is 8.92. The molecule has 0 aliphatic heterocycles. The van der Waals surface area contributed by atoms with Gasteiger partial charge in [-0.15, -0.1) is 0 Å². The molecule has 0 bridgehead atoms. The van der Waals surface area contributed by atoms with Gasteiger partial charge in [-0.25, -0.2) is 9.18 Å². The minimum atomic E-state index is -4.84. The minimum Gasteiger partial charge on any atom is -0.489 e. The molecule has 0 amide bonds. The Morgan fingerprint density at radius 1 is 1.39 bits per heavy atom. The van der Waals surface area contributed by atoms with Crippen LogP contribution in [0.5, 0.6) is 5.75 Å². The van der Waals surface area contributed by atoms with Crippen molar-refractivity contribution in [2.45, 2.75) is 6.18 Å². The molecular formula is C11H8F4O3. The summed E-state index contributed by atoms with van der Waals surface area (Å²) in [7, 11) is 0. The molecule has 0 radical (unpaired) electrons. The van der Waals surface area contributed by atoms with Crippen molar-refractivity contribution in [3.63, 3.8) is 0 Å². The van der Waals surface area contributed by atoms with Crippen LogP contribution in [-0.2, 0) is 11.0 Å². The number of alkyl halides is 3. The number of hydrogen-bond acceptors (Lipinski definition) is 2. The van der Waals surface area contributed by atoms with E-state index in [0.29, 0.717) is 12.1 Å². The fourth-order valence-electron chi connectivity index (χ4n) is 1.04. The molecule has 1 rings (SSSR count). The van der Waals surface area contributed by atoms with Crippen molar-refractivity contribution < 1.29 is 32.2 Å². The van der Waals surface area contributed by atoms with Gasteiger partial charge in [-0.2, -0.15) is 13.2 Å². The van der Waals surface area contributed by atoms with E-state index in [-0.39, 0.29) is 11.3 Å². The van der Waals surface area contributed by atoms with Crippen molar-refractivity contribution >= 4 is 5.97 Å². The number of hydrogen-bond donors (Lipinski definition) is 1. The molecule has 7 heteroatoms. The van der Waals surface area contributed by atoms with Crippen LogP contribution in [0.2, 0.25) is 0 Å². The van der Waals surface area contributed by atoms with Crippen molar-refractivity contribution in [3.8, 4) is 5.75 Å². The molecule has 3 nitrogen and oxygen atoms in total. The first kappa shape index (κ1) is 14.0. The van der Waals surface area contributed by atoms with Gasteiger partial charge in [0.1, 0.15) is 18.2 Å². The Bertz CT molecular complexity index is 480. The summed E-state index contributed by atoms with van der Waals surface area (Å²) < 4.78 is 54.7.